The van der Waals surface area contributed by atoms with Crippen LogP contribution in [0.3, 0.4) is 0 Å². The lowest BCUT2D eigenvalue weighted by molar-refractivity contribution is 0.475. The molecule has 3 N–H and O–H groups in total. The second kappa shape index (κ2) is 5.09. The second-order valence-corrected chi connectivity index (χ2v) is 4.68. The third-order valence-corrected chi connectivity index (χ3v) is 3.19. The van der Waals surface area contributed by atoms with E-state index in [9.17, 15) is 5.11 Å². The Morgan fingerprint density at radius 3 is 2.55 bits per heavy atom. The zero-order valence-corrected chi connectivity index (χ0v) is 10.9. The lowest BCUT2D eigenvalue weighted by Gasteiger charge is -2.03. The average molecular weight is 265 g/mol. The van der Waals surface area contributed by atoms with Crippen molar-refractivity contribution in [2.45, 2.75) is 6.54 Å². The largest absolute Gasteiger partial charge is 0.508 e. The molecule has 0 aliphatic heterocycles. The molecule has 0 radical (unpaired) electrons. The van der Waals surface area contributed by atoms with Crippen molar-refractivity contribution in [2.75, 3.05) is 5.73 Å². The summed E-state index contributed by atoms with van der Waals surface area (Å²) in [5.41, 5.74) is 9.79. The zero-order valence-electron chi connectivity index (χ0n) is 10.9. The van der Waals surface area contributed by atoms with E-state index in [2.05, 4.69) is 5.10 Å². The van der Waals surface area contributed by atoms with E-state index in [4.69, 9.17) is 5.73 Å². The summed E-state index contributed by atoms with van der Waals surface area (Å²) in [4.78, 5) is 0. The van der Waals surface area contributed by atoms with Crippen molar-refractivity contribution in [3.63, 3.8) is 0 Å². The van der Waals surface area contributed by atoms with Crippen LogP contribution in [0.4, 0.5) is 5.69 Å². The summed E-state index contributed by atoms with van der Waals surface area (Å²) < 4.78 is 1.86. The molecule has 4 heteroatoms. The monoisotopic (exact) mass is 265 g/mol. The minimum Gasteiger partial charge on any atom is -0.508 e. The molecule has 3 rings (SSSR count). The fourth-order valence-electron chi connectivity index (χ4n) is 2.14. The molecule has 4 nitrogen and oxygen atoms in total. The van der Waals surface area contributed by atoms with Gasteiger partial charge < -0.3 is 10.8 Å². The number of nitrogen functional groups attached to an aromatic ring is 1. The maximum atomic E-state index is 9.27. The van der Waals surface area contributed by atoms with Crippen LogP contribution >= 0.6 is 0 Å². The Hall–Kier alpha value is -2.75. The van der Waals surface area contributed by atoms with Crippen molar-refractivity contribution in [3.05, 3.63) is 66.5 Å². The highest BCUT2D eigenvalue weighted by Crippen LogP contribution is 2.24. The van der Waals surface area contributed by atoms with Crippen LogP contribution in [0, 0.1) is 0 Å². The molecule has 0 amide bonds. The molecule has 0 saturated heterocycles. The number of nitrogens with zero attached hydrogens (tertiary/aromatic N) is 2. The highest BCUT2D eigenvalue weighted by atomic mass is 16.3. The molecule has 0 saturated carbocycles. The number of aromatic hydroxyl groups is 1. The topological polar surface area (TPSA) is 64.1 Å². The summed E-state index contributed by atoms with van der Waals surface area (Å²) >= 11 is 0. The normalized spacial score (nSPS) is 10.6. The van der Waals surface area contributed by atoms with Crippen LogP contribution in [0.1, 0.15) is 5.56 Å². The van der Waals surface area contributed by atoms with E-state index < -0.39 is 0 Å². The van der Waals surface area contributed by atoms with Crippen molar-refractivity contribution in [3.8, 4) is 16.9 Å². The number of hydrogen-bond acceptors (Lipinski definition) is 3. The molecule has 20 heavy (non-hydrogen) atoms. The van der Waals surface area contributed by atoms with Gasteiger partial charge in [0.05, 0.1) is 12.7 Å². The average Bonchev–Trinajstić information content (AvgIpc) is 2.90. The van der Waals surface area contributed by atoms with Crippen molar-refractivity contribution in [2.24, 2.45) is 0 Å². The number of hydrogen-bond donors (Lipinski definition) is 2. The molecule has 0 aliphatic carbocycles. The molecule has 0 bridgehead atoms. The molecule has 0 fully saturated rings. The third-order valence-electron chi connectivity index (χ3n) is 3.19. The van der Waals surface area contributed by atoms with Gasteiger partial charge in [0.2, 0.25) is 0 Å². The fraction of sp³-hybridized carbons (Fsp3) is 0.0625. The van der Waals surface area contributed by atoms with Crippen molar-refractivity contribution >= 4 is 5.69 Å². The Kier molecular flexibility index (Phi) is 3.13. The first-order valence-corrected chi connectivity index (χ1v) is 6.37. The zero-order chi connectivity index (χ0) is 13.9. The number of aromatic nitrogens is 2. The van der Waals surface area contributed by atoms with Gasteiger partial charge in [-0.25, -0.2) is 0 Å². The SMILES string of the molecule is Nc1ccccc1-c1cnn(Cc2ccc(O)cc2)c1. The molecule has 2 aromatic carbocycles. The summed E-state index contributed by atoms with van der Waals surface area (Å²) in [6.45, 7) is 0.660. The molecule has 1 aromatic heterocycles. The van der Waals surface area contributed by atoms with Gasteiger partial charge in [0.15, 0.2) is 0 Å². The number of nitrogens with two attached hydrogens (primary N) is 1. The highest BCUT2D eigenvalue weighted by molar-refractivity contribution is 5.75. The number of para-hydroxylation sites is 1. The quantitative estimate of drug-likeness (QED) is 0.716. The Morgan fingerprint density at radius 2 is 1.80 bits per heavy atom. The van der Waals surface area contributed by atoms with Gasteiger partial charge in [-0.3, -0.25) is 4.68 Å². The van der Waals surface area contributed by atoms with E-state index >= 15 is 0 Å². The minimum absolute atomic E-state index is 0.270. The lowest BCUT2D eigenvalue weighted by atomic mass is 10.1. The van der Waals surface area contributed by atoms with E-state index in [0.29, 0.717) is 6.54 Å². The summed E-state index contributed by atoms with van der Waals surface area (Å²) in [6.07, 6.45) is 3.78. The van der Waals surface area contributed by atoms with Gasteiger partial charge >= 0.3 is 0 Å². The maximum absolute atomic E-state index is 9.27. The number of anilines is 1. The van der Waals surface area contributed by atoms with Crippen LogP contribution in [0.25, 0.3) is 11.1 Å². The molecule has 100 valence electrons. The Labute approximate surface area is 117 Å². The Balaban J connectivity index is 1.84. The Morgan fingerprint density at radius 1 is 1.05 bits per heavy atom. The van der Waals surface area contributed by atoms with Gasteiger partial charge in [-0.1, -0.05) is 30.3 Å². The van der Waals surface area contributed by atoms with Crippen molar-refractivity contribution < 1.29 is 5.11 Å². The van der Waals surface area contributed by atoms with E-state index in [1.54, 1.807) is 12.1 Å². The van der Waals surface area contributed by atoms with Crippen molar-refractivity contribution in [1.82, 2.24) is 9.78 Å². The first-order chi connectivity index (χ1) is 9.72. The molecule has 0 unspecified atom stereocenters. The first-order valence-electron chi connectivity index (χ1n) is 6.37. The van der Waals surface area contributed by atoms with Gasteiger partial charge in [-0.15, -0.1) is 0 Å². The molecule has 3 aromatic rings. The standard InChI is InChI=1S/C16H15N3O/c17-16-4-2-1-3-15(16)13-9-18-19(11-13)10-12-5-7-14(20)8-6-12/h1-9,11,20H,10,17H2. The van der Waals surface area contributed by atoms with E-state index in [1.807, 2.05) is 53.5 Å². The summed E-state index contributed by atoms with van der Waals surface area (Å²) in [5.74, 6) is 0.270. The molecule has 0 atom stereocenters. The van der Waals surface area contributed by atoms with Crippen LogP contribution < -0.4 is 5.73 Å². The predicted molar refractivity (Wildman–Crippen MR) is 79.3 cm³/mol. The molecule has 1 heterocycles. The van der Waals surface area contributed by atoms with Crippen molar-refractivity contribution in [1.29, 1.82) is 0 Å². The molecule has 0 aliphatic rings. The van der Waals surface area contributed by atoms with Crippen LogP contribution in [-0.2, 0) is 6.54 Å². The summed E-state index contributed by atoms with van der Waals surface area (Å²) in [5, 5.41) is 13.6. The van der Waals surface area contributed by atoms with Gasteiger partial charge in [-0.2, -0.15) is 5.10 Å². The summed E-state index contributed by atoms with van der Waals surface area (Å²) in [7, 11) is 0. The van der Waals surface area contributed by atoms with E-state index in [-0.39, 0.29) is 5.75 Å². The van der Waals surface area contributed by atoms with Crippen LogP contribution in [0.2, 0.25) is 0 Å². The van der Waals surface area contributed by atoms with Gasteiger partial charge in [-0.05, 0) is 23.8 Å². The van der Waals surface area contributed by atoms with E-state index in [0.717, 1.165) is 22.4 Å². The van der Waals surface area contributed by atoms with Crippen LogP contribution in [0.5, 0.6) is 5.75 Å². The number of benzene rings is 2. The van der Waals surface area contributed by atoms with Gasteiger partial charge in [0, 0.05) is 23.0 Å². The first kappa shape index (κ1) is 12.3. The second-order valence-electron chi connectivity index (χ2n) is 4.68. The molecule has 0 spiro atoms. The van der Waals surface area contributed by atoms with E-state index in [1.165, 1.54) is 0 Å². The van der Waals surface area contributed by atoms with Crippen LogP contribution in [0.15, 0.2) is 60.9 Å². The maximum Gasteiger partial charge on any atom is 0.115 e. The number of phenols is 1. The number of rotatable bonds is 3. The molecular formula is C16H15N3O. The minimum atomic E-state index is 0.270. The van der Waals surface area contributed by atoms with Gasteiger partial charge in [0.1, 0.15) is 5.75 Å². The van der Waals surface area contributed by atoms with Gasteiger partial charge in [0.25, 0.3) is 0 Å². The molecular weight excluding hydrogens is 250 g/mol. The fourth-order valence-corrected chi connectivity index (χ4v) is 2.14. The lowest BCUT2D eigenvalue weighted by Crippen LogP contribution is -1.99. The van der Waals surface area contributed by atoms with Crippen LogP contribution in [-0.4, -0.2) is 14.9 Å². The smallest absolute Gasteiger partial charge is 0.115 e. The Bertz CT molecular complexity index is 717. The summed E-state index contributed by atoms with van der Waals surface area (Å²) in [6, 6.07) is 14.9. The highest BCUT2D eigenvalue weighted by Gasteiger charge is 2.05. The number of phenolic OH excluding ortho intramolecular Hbond substituents is 1. The third kappa shape index (κ3) is 2.49. The predicted octanol–water partition coefficient (Wildman–Crippen LogP) is 2.89.